The largest absolute Gasteiger partial charge is 0.270 e. The smallest absolute Gasteiger partial charge is 0.268 e. The number of benzene rings is 2. The molecule has 2 nitrogen and oxygen atoms in total. The predicted octanol–water partition coefficient (Wildman–Crippen LogP) is 6.02. The number of amides is 1. The van der Waals surface area contributed by atoms with Gasteiger partial charge in [-0.15, -0.1) is 0 Å². The number of thioether (sulfide) groups is 1. The van der Waals surface area contributed by atoms with E-state index in [0.717, 1.165) is 22.4 Å². The monoisotopic (exact) mass is 393 g/mol. The number of aryl methyl sites for hydroxylation is 2. The summed E-state index contributed by atoms with van der Waals surface area (Å²) in [5.74, 6) is -0.136. The highest BCUT2D eigenvalue weighted by Gasteiger charge is 2.34. The van der Waals surface area contributed by atoms with Crippen molar-refractivity contribution in [1.29, 1.82) is 0 Å². The molecule has 1 aliphatic rings. The van der Waals surface area contributed by atoms with Crippen LogP contribution < -0.4 is 4.90 Å². The minimum atomic E-state index is -0.136. The summed E-state index contributed by atoms with van der Waals surface area (Å²) in [6.45, 7) is 3.99. The molecule has 24 heavy (non-hydrogen) atoms. The van der Waals surface area contributed by atoms with Gasteiger partial charge in [-0.1, -0.05) is 70.9 Å². The summed E-state index contributed by atoms with van der Waals surface area (Å²) in [6, 6.07) is 11.1. The number of carbonyl (C=O) groups excluding carboxylic acids is 1. The van der Waals surface area contributed by atoms with E-state index < -0.39 is 0 Å². The van der Waals surface area contributed by atoms with Crippen molar-refractivity contribution in [2.75, 3.05) is 4.90 Å². The minimum Gasteiger partial charge on any atom is -0.268 e. The molecule has 1 aliphatic heterocycles. The SMILES string of the molecule is Cc1ccc(N2C(=O)/C(=C\c3ccc(Cl)cc3Cl)SC2=S)c(C)c1. The fourth-order valence-corrected chi connectivity index (χ4v) is 4.23. The summed E-state index contributed by atoms with van der Waals surface area (Å²) in [7, 11) is 0. The first kappa shape index (κ1) is 17.5. The molecule has 1 fully saturated rings. The molecule has 0 atom stereocenters. The summed E-state index contributed by atoms with van der Waals surface area (Å²) in [5.41, 5.74) is 3.71. The van der Waals surface area contributed by atoms with E-state index in [0.29, 0.717) is 19.3 Å². The lowest BCUT2D eigenvalue weighted by atomic mass is 10.1. The van der Waals surface area contributed by atoms with E-state index in [1.807, 2.05) is 32.0 Å². The Morgan fingerprint density at radius 2 is 1.88 bits per heavy atom. The van der Waals surface area contributed by atoms with Crippen molar-refractivity contribution in [2.24, 2.45) is 0 Å². The molecule has 0 saturated carbocycles. The minimum absolute atomic E-state index is 0.136. The molecule has 1 heterocycles. The molecule has 0 spiro atoms. The third kappa shape index (κ3) is 3.38. The normalized spacial score (nSPS) is 16.3. The van der Waals surface area contributed by atoms with E-state index in [2.05, 4.69) is 0 Å². The van der Waals surface area contributed by atoms with Crippen LogP contribution in [-0.4, -0.2) is 10.2 Å². The van der Waals surface area contributed by atoms with Gasteiger partial charge in [-0.3, -0.25) is 9.69 Å². The highest BCUT2D eigenvalue weighted by Crippen LogP contribution is 2.38. The molecule has 1 amide bonds. The average molecular weight is 394 g/mol. The van der Waals surface area contributed by atoms with E-state index in [4.69, 9.17) is 35.4 Å². The Bertz CT molecular complexity index is 893. The molecular weight excluding hydrogens is 381 g/mol. The van der Waals surface area contributed by atoms with E-state index in [-0.39, 0.29) is 5.91 Å². The topological polar surface area (TPSA) is 20.3 Å². The Balaban J connectivity index is 1.98. The lowest BCUT2D eigenvalue weighted by molar-refractivity contribution is -0.113. The second kappa shape index (κ2) is 6.89. The molecule has 0 unspecified atom stereocenters. The lowest BCUT2D eigenvalue weighted by Crippen LogP contribution is -2.28. The van der Waals surface area contributed by atoms with E-state index in [9.17, 15) is 4.79 Å². The molecule has 0 aliphatic carbocycles. The average Bonchev–Trinajstić information content (AvgIpc) is 2.77. The van der Waals surface area contributed by atoms with Gasteiger partial charge in [0.15, 0.2) is 4.32 Å². The molecule has 3 rings (SSSR count). The molecule has 0 aromatic heterocycles. The first-order chi connectivity index (χ1) is 11.4. The van der Waals surface area contributed by atoms with Gasteiger partial charge in [0, 0.05) is 10.0 Å². The third-order valence-corrected chi connectivity index (χ3v) is 5.50. The van der Waals surface area contributed by atoms with Crippen LogP contribution in [0.5, 0.6) is 0 Å². The van der Waals surface area contributed by atoms with Gasteiger partial charge in [0.2, 0.25) is 0 Å². The third-order valence-electron chi connectivity index (χ3n) is 3.64. The van der Waals surface area contributed by atoms with Gasteiger partial charge in [0.25, 0.3) is 5.91 Å². The van der Waals surface area contributed by atoms with Crippen molar-refractivity contribution in [1.82, 2.24) is 0 Å². The van der Waals surface area contributed by atoms with Gasteiger partial charge in [-0.2, -0.15) is 0 Å². The number of hydrogen-bond donors (Lipinski definition) is 0. The van der Waals surface area contributed by atoms with Crippen LogP contribution in [0.15, 0.2) is 41.3 Å². The summed E-state index contributed by atoms with van der Waals surface area (Å²) in [6.07, 6.45) is 1.75. The quantitative estimate of drug-likeness (QED) is 0.459. The first-order valence-corrected chi connectivity index (χ1v) is 9.15. The first-order valence-electron chi connectivity index (χ1n) is 7.17. The number of anilines is 1. The Morgan fingerprint density at radius 3 is 2.54 bits per heavy atom. The van der Waals surface area contributed by atoms with Crippen molar-refractivity contribution in [3.8, 4) is 0 Å². The van der Waals surface area contributed by atoms with Crippen LogP contribution in [-0.2, 0) is 4.79 Å². The summed E-state index contributed by atoms with van der Waals surface area (Å²) >= 11 is 18.8. The number of nitrogens with zero attached hydrogens (tertiary/aromatic N) is 1. The second-order valence-corrected chi connectivity index (χ2v) is 7.99. The standard InChI is InChI=1S/C18H13Cl2NOS2/c1-10-3-6-15(11(2)7-10)21-17(22)16(24-18(21)23)8-12-4-5-13(19)9-14(12)20/h3-9H,1-2H3/b16-8+. The zero-order valence-electron chi connectivity index (χ0n) is 13.0. The van der Waals surface area contributed by atoms with Crippen LogP contribution in [0.4, 0.5) is 5.69 Å². The maximum absolute atomic E-state index is 12.8. The number of thiocarbonyl (C=S) groups is 1. The fourth-order valence-electron chi connectivity index (χ4n) is 2.49. The van der Waals surface area contributed by atoms with Crippen LogP contribution in [0.25, 0.3) is 6.08 Å². The van der Waals surface area contributed by atoms with Crippen LogP contribution in [0.1, 0.15) is 16.7 Å². The number of hydrogen-bond acceptors (Lipinski definition) is 3. The highest BCUT2D eigenvalue weighted by atomic mass is 35.5. The maximum atomic E-state index is 12.8. The zero-order valence-corrected chi connectivity index (χ0v) is 16.1. The van der Waals surface area contributed by atoms with Crippen molar-refractivity contribution >= 4 is 69.2 Å². The molecule has 0 bridgehead atoms. The van der Waals surface area contributed by atoms with Crippen molar-refractivity contribution < 1.29 is 4.79 Å². The van der Waals surface area contributed by atoms with E-state index >= 15 is 0 Å². The van der Waals surface area contributed by atoms with Crippen LogP contribution >= 0.6 is 47.2 Å². The number of halogens is 2. The van der Waals surface area contributed by atoms with Gasteiger partial charge in [-0.05, 0) is 49.2 Å². The molecule has 122 valence electrons. The van der Waals surface area contributed by atoms with Crippen molar-refractivity contribution in [3.05, 3.63) is 68.0 Å². The van der Waals surface area contributed by atoms with Gasteiger partial charge in [0.05, 0.1) is 10.6 Å². The van der Waals surface area contributed by atoms with Crippen LogP contribution in [0.2, 0.25) is 10.0 Å². The molecule has 2 aromatic rings. The Kier molecular flexibility index (Phi) is 5.02. The molecule has 0 radical (unpaired) electrons. The Hall–Kier alpha value is -1.33. The molecular formula is C18H13Cl2NOS2. The lowest BCUT2D eigenvalue weighted by Gasteiger charge is -2.17. The molecule has 1 saturated heterocycles. The van der Waals surface area contributed by atoms with Gasteiger partial charge in [0.1, 0.15) is 0 Å². The molecule has 0 N–H and O–H groups in total. The Labute approximate surface area is 160 Å². The van der Waals surface area contributed by atoms with E-state index in [1.54, 1.807) is 29.2 Å². The highest BCUT2D eigenvalue weighted by molar-refractivity contribution is 8.27. The van der Waals surface area contributed by atoms with Gasteiger partial charge >= 0.3 is 0 Å². The fraction of sp³-hybridized carbons (Fsp3) is 0.111. The summed E-state index contributed by atoms with van der Waals surface area (Å²) in [5, 5.41) is 1.05. The van der Waals surface area contributed by atoms with Crippen LogP contribution in [0.3, 0.4) is 0 Å². The number of rotatable bonds is 2. The Morgan fingerprint density at radius 1 is 1.12 bits per heavy atom. The molecule has 6 heteroatoms. The van der Waals surface area contributed by atoms with Gasteiger partial charge < -0.3 is 0 Å². The van der Waals surface area contributed by atoms with Crippen LogP contribution in [0, 0.1) is 13.8 Å². The van der Waals surface area contributed by atoms with Gasteiger partial charge in [-0.25, -0.2) is 0 Å². The molecule has 2 aromatic carbocycles. The summed E-state index contributed by atoms with van der Waals surface area (Å²) in [4.78, 5) is 14.9. The van der Waals surface area contributed by atoms with Crippen molar-refractivity contribution in [2.45, 2.75) is 13.8 Å². The summed E-state index contributed by atoms with van der Waals surface area (Å²) < 4.78 is 0.517. The second-order valence-electron chi connectivity index (χ2n) is 5.47. The zero-order chi connectivity index (χ0) is 17.4. The van der Waals surface area contributed by atoms with E-state index in [1.165, 1.54) is 11.8 Å². The number of carbonyl (C=O) groups is 1. The predicted molar refractivity (Wildman–Crippen MR) is 108 cm³/mol. The van der Waals surface area contributed by atoms with Crippen molar-refractivity contribution in [3.63, 3.8) is 0 Å². The maximum Gasteiger partial charge on any atom is 0.270 e.